The van der Waals surface area contributed by atoms with Gasteiger partial charge in [0, 0.05) is 43.8 Å². The molecule has 1 atom stereocenters. The van der Waals surface area contributed by atoms with Crippen molar-refractivity contribution in [2.24, 2.45) is 4.99 Å². The Morgan fingerprint density at radius 2 is 2.16 bits per heavy atom. The molecule has 25 heavy (non-hydrogen) atoms. The minimum Gasteiger partial charge on any atom is -0.379 e. The maximum Gasteiger partial charge on any atom is 0.191 e. The number of nitrogens with one attached hydrogen (secondary N) is 2. The van der Waals surface area contributed by atoms with E-state index in [0.29, 0.717) is 0 Å². The van der Waals surface area contributed by atoms with Gasteiger partial charge >= 0.3 is 0 Å². The molecule has 140 valence electrons. The maximum atomic E-state index is 6.33. The van der Waals surface area contributed by atoms with Crippen molar-refractivity contribution in [3.05, 3.63) is 34.9 Å². The van der Waals surface area contributed by atoms with Crippen molar-refractivity contribution in [2.45, 2.75) is 38.2 Å². The number of nitrogens with zero attached hydrogens (tertiary/aromatic N) is 1. The molecule has 1 unspecified atom stereocenters. The van der Waals surface area contributed by atoms with Crippen LogP contribution in [0.1, 0.15) is 32.3 Å². The molecule has 0 radical (unpaired) electrons. The molecule has 0 aliphatic carbocycles. The minimum atomic E-state index is -0.0957. The van der Waals surface area contributed by atoms with Crippen LogP contribution in [-0.4, -0.2) is 52.0 Å². The third-order valence-corrected chi connectivity index (χ3v) is 4.71. The van der Waals surface area contributed by atoms with Gasteiger partial charge < -0.3 is 20.1 Å². The quantitative estimate of drug-likeness (QED) is 0.421. The lowest BCUT2D eigenvalue weighted by Crippen LogP contribution is -2.44. The van der Waals surface area contributed by atoms with Crippen LogP contribution in [-0.2, 0) is 14.9 Å². The van der Waals surface area contributed by atoms with E-state index in [1.807, 2.05) is 18.2 Å². The predicted molar refractivity (Wildman–Crippen MR) is 104 cm³/mol. The van der Waals surface area contributed by atoms with Crippen LogP contribution < -0.4 is 10.6 Å². The van der Waals surface area contributed by atoms with Crippen molar-refractivity contribution in [1.29, 1.82) is 0 Å². The normalized spacial score (nSPS) is 18.4. The summed E-state index contributed by atoms with van der Waals surface area (Å²) in [5.74, 6) is 0.796. The Bertz CT molecular complexity index is 557. The highest BCUT2D eigenvalue weighted by molar-refractivity contribution is 6.31. The molecule has 1 aromatic rings. The summed E-state index contributed by atoms with van der Waals surface area (Å²) in [7, 11) is 1.78. The molecule has 1 aliphatic heterocycles. The molecule has 1 aliphatic rings. The second-order valence-corrected chi connectivity index (χ2v) is 7.33. The molecule has 0 bridgehead atoms. The predicted octanol–water partition coefficient (Wildman–Crippen LogP) is 2.98. The molecule has 0 aromatic heterocycles. The fourth-order valence-corrected chi connectivity index (χ4v) is 3.20. The summed E-state index contributed by atoms with van der Waals surface area (Å²) < 4.78 is 11.1. The number of guanidine groups is 1. The maximum absolute atomic E-state index is 6.33. The summed E-state index contributed by atoms with van der Waals surface area (Å²) in [5, 5.41) is 7.51. The highest BCUT2D eigenvalue weighted by Crippen LogP contribution is 2.28. The second-order valence-electron chi connectivity index (χ2n) is 6.93. The van der Waals surface area contributed by atoms with Gasteiger partial charge in [0.05, 0.1) is 12.7 Å². The lowest BCUT2D eigenvalue weighted by Gasteiger charge is -2.27. The highest BCUT2D eigenvalue weighted by Gasteiger charge is 2.23. The zero-order valence-corrected chi connectivity index (χ0v) is 16.2. The van der Waals surface area contributed by atoms with E-state index >= 15 is 0 Å². The van der Waals surface area contributed by atoms with E-state index in [1.54, 1.807) is 7.05 Å². The highest BCUT2D eigenvalue weighted by atomic mass is 35.5. The van der Waals surface area contributed by atoms with Crippen LogP contribution in [0.3, 0.4) is 0 Å². The lowest BCUT2D eigenvalue weighted by molar-refractivity contribution is 0.0420. The largest absolute Gasteiger partial charge is 0.379 e. The van der Waals surface area contributed by atoms with Crippen LogP contribution in [0.15, 0.2) is 29.3 Å². The molecule has 0 saturated carbocycles. The first-order valence-corrected chi connectivity index (χ1v) is 9.29. The Balaban J connectivity index is 1.69. The Labute approximate surface area is 156 Å². The first-order chi connectivity index (χ1) is 12.0. The molecule has 5 nitrogen and oxygen atoms in total. The number of rotatable bonds is 8. The molecule has 0 spiro atoms. The zero-order chi connectivity index (χ0) is 18.1. The van der Waals surface area contributed by atoms with Gasteiger partial charge in [-0.2, -0.15) is 0 Å². The molecule has 1 fully saturated rings. The van der Waals surface area contributed by atoms with Gasteiger partial charge in [-0.25, -0.2) is 0 Å². The number of halogens is 1. The topological polar surface area (TPSA) is 54.9 Å². The van der Waals surface area contributed by atoms with Crippen LogP contribution in [0, 0.1) is 0 Å². The molecular formula is C19H30ClN3O2. The zero-order valence-electron chi connectivity index (χ0n) is 15.5. The first kappa shape index (κ1) is 20.0. The molecule has 0 amide bonds. The van der Waals surface area contributed by atoms with Gasteiger partial charge in [-0.1, -0.05) is 43.6 Å². The van der Waals surface area contributed by atoms with E-state index in [0.717, 1.165) is 62.3 Å². The summed E-state index contributed by atoms with van der Waals surface area (Å²) in [5.41, 5.74) is 1.04. The van der Waals surface area contributed by atoms with Gasteiger partial charge in [-0.3, -0.25) is 4.99 Å². The fourth-order valence-electron chi connectivity index (χ4n) is 2.80. The summed E-state index contributed by atoms with van der Waals surface area (Å²) in [6, 6.07) is 7.98. The molecule has 1 aromatic carbocycles. The van der Waals surface area contributed by atoms with E-state index in [2.05, 4.69) is 35.5 Å². The average molecular weight is 368 g/mol. The van der Waals surface area contributed by atoms with Crippen LogP contribution in [0.25, 0.3) is 0 Å². The summed E-state index contributed by atoms with van der Waals surface area (Å²) in [6.07, 6.45) is 2.22. The third-order valence-electron chi connectivity index (χ3n) is 4.38. The molecule has 1 saturated heterocycles. The first-order valence-electron chi connectivity index (χ1n) is 8.92. The minimum absolute atomic E-state index is 0.0957. The summed E-state index contributed by atoms with van der Waals surface area (Å²) in [4.78, 5) is 4.28. The Hall–Kier alpha value is -1.30. The van der Waals surface area contributed by atoms with Gasteiger partial charge in [-0.15, -0.1) is 0 Å². The molecular weight excluding hydrogens is 338 g/mol. The van der Waals surface area contributed by atoms with Crippen LogP contribution in [0.2, 0.25) is 5.02 Å². The smallest absolute Gasteiger partial charge is 0.191 e. The van der Waals surface area contributed by atoms with Gasteiger partial charge in [0.25, 0.3) is 0 Å². The standard InChI is InChI=1S/C19H30ClN3O2/c1-19(2,16-7-4-5-8-17(16)20)14-23-18(21-3)22-10-6-11-25-15-9-12-24-13-15/h4-5,7-8,15H,6,9-14H2,1-3H3,(H2,21,22,23). The van der Waals surface area contributed by atoms with Gasteiger partial charge in [0.15, 0.2) is 5.96 Å². The van der Waals surface area contributed by atoms with Crippen LogP contribution in [0.5, 0.6) is 0 Å². The molecule has 1 heterocycles. The van der Waals surface area contributed by atoms with E-state index in [1.165, 1.54) is 0 Å². The van der Waals surface area contributed by atoms with Crippen molar-refractivity contribution in [1.82, 2.24) is 10.6 Å². The van der Waals surface area contributed by atoms with Crippen molar-refractivity contribution in [2.75, 3.05) is 40.0 Å². The second kappa shape index (κ2) is 10.00. The van der Waals surface area contributed by atoms with Crippen molar-refractivity contribution < 1.29 is 9.47 Å². The average Bonchev–Trinajstić information content (AvgIpc) is 3.11. The van der Waals surface area contributed by atoms with Gasteiger partial charge in [0.1, 0.15) is 0 Å². The van der Waals surface area contributed by atoms with E-state index < -0.39 is 0 Å². The van der Waals surface area contributed by atoms with E-state index in [9.17, 15) is 0 Å². The van der Waals surface area contributed by atoms with Gasteiger partial charge in [-0.05, 0) is 24.5 Å². The van der Waals surface area contributed by atoms with Crippen LogP contribution in [0.4, 0.5) is 0 Å². The number of aliphatic imine (C=N–C) groups is 1. The Morgan fingerprint density at radius 3 is 2.84 bits per heavy atom. The number of hydrogen-bond donors (Lipinski definition) is 2. The summed E-state index contributed by atoms with van der Waals surface area (Å²) >= 11 is 6.33. The lowest BCUT2D eigenvalue weighted by atomic mass is 9.84. The van der Waals surface area contributed by atoms with Crippen molar-refractivity contribution >= 4 is 17.6 Å². The van der Waals surface area contributed by atoms with Crippen LogP contribution >= 0.6 is 11.6 Å². The number of ether oxygens (including phenoxy) is 2. The number of hydrogen-bond acceptors (Lipinski definition) is 3. The molecule has 6 heteroatoms. The Kier molecular flexibility index (Phi) is 8.00. The Morgan fingerprint density at radius 1 is 1.36 bits per heavy atom. The SMILES string of the molecule is CN=C(NCCCOC1CCOC1)NCC(C)(C)c1ccccc1Cl. The van der Waals surface area contributed by atoms with E-state index in [4.69, 9.17) is 21.1 Å². The monoisotopic (exact) mass is 367 g/mol. The van der Waals surface area contributed by atoms with Gasteiger partial charge in [0.2, 0.25) is 0 Å². The van der Waals surface area contributed by atoms with Crippen molar-refractivity contribution in [3.63, 3.8) is 0 Å². The molecule has 2 rings (SSSR count). The fraction of sp³-hybridized carbons (Fsp3) is 0.632. The van der Waals surface area contributed by atoms with Crippen molar-refractivity contribution in [3.8, 4) is 0 Å². The third kappa shape index (κ3) is 6.49. The number of benzene rings is 1. The summed E-state index contributed by atoms with van der Waals surface area (Å²) in [6.45, 7) is 8.20. The molecule has 2 N–H and O–H groups in total. The van der Waals surface area contributed by atoms with E-state index in [-0.39, 0.29) is 11.5 Å².